The molecule has 21 heavy (non-hydrogen) atoms. The van der Waals surface area contributed by atoms with Gasteiger partial charge in [0.15, 0.2) is 0 Å². The molecule has 112 valence electrons. The van der Waals surface area contributed by atoms with Crippen molar-refractivity contribution in [2.24, 2.45) is 0 Å². The summed E-state index contributed by atoms with van der Waals surface area (Å²) in [4.78, 5) is 8.60. The molecule has 0 spiro atoms. The van der Waals surface area contributed by atoms with Crippen LogP contribution >= 0.6 is 23.2 Å². The molecule has 0 fully saturated rings. The largest absolute Gasteiger partial charge is 0.480 e. The number of hydrogen-bond acceptors (Lipinski definition) is 5. The number of hydrogen-bond donors (Lipinski definition) is 1. The summed E-state index contributed by atoms with van der Waals surface area (Å²) in [6.45, 7) is 0. The molecule has 0 saturated heterocycles. The second-order valence-electron chi connectivity index (χ2n) is 4.19. The van der Waals surface area contributed by atoms with Gasteiger partial charge in [0.2, 0.25) is 11.8 Å². The lowest BCUT2D eigenvalue weighted by molar-refractivity contribution is 0.353. The minimum atomic E-state index is -0.301. The maximum absolute atomic E-state index is 6.26. The van der Waals surface area contributed by atoms with Crippen molar-refractivity contribution in [1.82, 2.24) is 15.3 Å². The standard InChI is InChI=1S/C14H15Cl2N3O2/c1-17-12(9-6-8(15)4-5-10(9)16)13-14(21-3)19-11(20-2)7-18-13/h4-7,12,17H,1-3H3. The van der Waals surface area contributed by atoms with Crippen molar-refractivity contribution in [2.75, 3.05) is 21.3 Å². The predicted octanol–water partition coefficient (Wildman–Crippen LogP) is 3.11. The van der Waals surface area contributed by atoms with E-state index in [2.05, 4.69) is 15.3 Å². The van der Waals surface area contributed by atoms with E-state index in [-0.39, 0.29) is 6.04 Å². The molecular weight excluding hydrogens is 313 g/mol. The Morgan fingerprint density at radius 3 is 2.57 bits per heavy atom. The third-order valence-corrected chi connectivity index (χ3v) is 3.56. The number of benzene rings is 1. The van der Waals surface area contributed by atoms with Gasteiger partial charge in [-0.3, -0.25) is 0 Å². The zero-order valence-corrected chi connectivity index (χ0v) is 13.4. The van der Waals surface area contributed by atoms with E-state index in [1.807, 2.05) is 0 Å². The minimum Gasteiger partial charge on any atom is -0.480 e. The molecule has 0 radical (unpaired) electrons. The Hall–Kier alpha value is -1.56. The number of rotatable bonds is 5. The van der Waals surface area contributed by atoms with Gasteiger partial charge in [0.05, 0.1) is 26.5 Å². The van der Waals surface area contributed by atoms with Gasteiger partial charge in [0.25, 0.3) is 0 Å². The van der Waals surface area contributed by atoms with Gasteiger partial charge in [-0.1, -0.05) is 23.2 Å². The number of halogens is 2. The van der Waals surface area contributed by atoms with Gasteiger partial charge in [0.1, 0.15) is 5.69 Å². The highest BCUT2D eigenvalue weighted by molar-refractivity contribution is 6.33. The Morgan fingerprint density at radius 2 is 1.95 bits per heavy atom. The summed E-state index contributed by atoms with van der Waals surface area (Å²) in [6, 6.07) is 4.96. The highest BCUT2D eigenvalue weighted by Crippen LogP contribution is 2.33. The highest BCUT2D eigenvalue weighted by atomic mass is 35.5. The first-order valence-corrected chi connectivity index (χ1v) is 6.93. The second-order valence-corrected chi connectivity index (χ2v) is 5.04. The molecule has 1 atom stereocenters. The number of nitrogens with zero attached hydrogens (tertiary/aromatic N) is 2. The first-order chi connectivity index (χ1) is 10.1. The van der Waals surface area contributed by atoms with Crippen molar-refractivity contribution < 1.29 is 9.47 Å². The van der Waals surface area contributed by atoms with Crippen molar-refractivity contribution in [3.63, 3.8) is 0 Å². The SMILES string of the molecule is CNC(c1cc(Cl)ccc1Cl)c1ncc(OC)nc1OC. The molecule has 0 aliphatic heterocycles. The molecular formula is C14H15Cl2N3O2. The first-order valence-electron chi connectivity index (χ1n) is 6.17. The third-order valence-electron chi connectivity index (χ3n) is 2.98. The van der Waals surface area contributed by atoms with E-state index in [1.165, 1.54) is 20.4 Å². The van der Waals surface area contributed by atoms with Crippen molar-refractivity contribution >= 4 is 23.2 Å². The molecule has 1 aromatic heterocycles. The van der Waals surface area contributed by atoms with Crippen LogP contribution in [0.1, 0.15) is 17.3 Å². The van der Waals surface area contributed by atoms with E-state index < -0.39 is 0 Å². The van der Waals surface area contributed by atoms with E-state index in [4.69, 9.17) is 32.7 Å². The smallest absolute Gasteiger partial charge is 0.240 e. The maximum atomic E-state index is 6.26. The fourth-order valence-corrected chi connectivity index (χ4v) is 2.40. The molecule has 0 aliphatic carbocycles. The van der Waals surface area contributed by atoms with Gasteiger partial charge >= 0.3 is 0 Å². The highest BCUT2D eigenvalue weighted by Gasteiger charge is 2.22. The van der Waals surface area contributed by atoms with Crippen molar-refractivity contribution in [3.05, 3.63) is 45.7 Å². The van der Waals surface area contributed by atoms with E-state index in [9.17, 15) is 0 Å². The molecule has 1 heterocycles. The molecule has 1 aromatic carbocycles. The average molecular weight is 328 g/mol. The first kappa shape index (κ1) is 15.8. The predicted molar refractivity (Wildman–Crippen MR) is 82.5 cm³/mol. The zero-order valence-electron chi connectivity index (χ0n) is 11.9. The molecule has 0 saturated carbocycles. The van der Waals surface area contributed by atoms with Gasteiger partial charge in [-0.25, -0.2) is 4.98 Å². The van der Waals surface area contributed by atoms with E-state index in [1.54, 1.807) is 25.2 Å². The van der Waals surface area contributed by atoms with Gasteiger partial charge in [-0.15, -0.1) is 0 Å². The van der Waals surface area contributed by atoms with E-state index in [0.29, 0.717) is 27.5 Å². The van der Waals surface area contributed by atoms with Crippen LogP contribution in [-0.4, -0.2) is 31.2 Å². The summed E-state index contributed by atoms with van der Waals surface area (Å²) >= 11 is 12.3. The quantitative estimate of drug-likeness (QED) is 0.914. The van der Waals surface area contributed by atoms with Crippen LogP contribution < -0.4 is 14.8 Å². The van der Waals surface area contributed by atoms with Gasteiger partial charge in [-0.05, 0) is 30.8 Å². The summed E-state index contributed by atoms with van der Waals surface area (Å²) in [6.07, 6.45) is 1.53. The van der Waals surface area contributed by atoms with Gasteiger partial charge in [-0.2, -0.15) is 4.98 Å². The van der Waals surface area contributed by atoms with Crippen LogP contribution in [0.15, 0.2) is 24.4 Å². The van der Waals surface area contributed by atoms with Crippen LogP contribution in [0.5, 0.6) is 11.8 Å². The van der Waals surface area contributed by atoms with Crippen LogP contribution in [0, 0.1) is 0 Å². The Morgan fingerprint density at radius 1 is 1.19 bits per heavy atom. The normalized spacial score (nSPS) is 12.0. The number of aromatic nitrogens is 2. The molecule has 0 bridgehead atoms. The third kappa shape index (κ3) is 3.37. The summed E-state index contributed by atoms with van der Waals surface area (Å²) in [5.41, 5.74) is 1.40. The maximum Gasteiger partial charge on any atom is 0.240 e. The van der Waals surface area contributed by atoms with Crippen LogP contribution in [0.25, 0.3) is 0 Å². The molecule has 2 aromatic rings. The fourth-order valence-electron chi connectivity index (χ4n) is 1.99. The van der Waals surface area contributed by atoms with Crippen LogP contribution in [0.4, 0.5) is 0 Å². The van der Waals surface area contributed by atoms with Crippen LogP contribution in [0.2, 0.25) is 10.0 Å². The Labute approximate surface area is 133 Å². The summed E-state index contributed by atoms with van der Waals surface area (Å²) in [5, 5.41) is 4.32. The molecule has 0 amide bonds. The molecule has 0 aliphatic rings. The summed E-state index contributed by atoms with van der Waals surface area (Å²) in [5.74, 6) is 0.743. The topological polar surface area (TPSA) is 56.3 Å². The molecule has 1 N–H and O–H groups in total. The monoisotopic (exact) mass is 327 g/mol. The summed E-state index contributed by atoms with van der Waals surface area (Å²) in [7, 11) is 4.85. The van der Waals surface area contributed by atoms with E-state index in [0.717, 1.165) is 5.56 Å². The lowest BCUT2D eigenvalue weighted by atomic mass is 10.0. The van der Waals surface area contributed by atoms with Gasteiger partial charge < -0.3 is 14.8 Å². The second kappa shape index (κ2) is 6.93. The fraction of sp³-hybridized carbons (Fsp3) is 0.286. The van der Waals surface area contributed by atoms with Crippen molar-refractivity contribution in [3.8, 4) is 11.8 Å². The average Bonchev–Trinajstić information content (AvgIpc) is 2.51. The number of nitrogens with one attached hydrogen (secondary N) is 1. The number of ether oxygens (including phenoxy) is 2. The minimum absolute atomic E-state index is 0.301. The van der Waals surface area contributed by atoms with Crippen LogP contribution in [0.3, 0.4) is 0 Å². The lowest BCUT2D eigenvalue weighted by Gasteiger charge is -2.19. The molecule has 5 nitrogen and oxygen atoms in total. The lowest BCUT2D eigenvalue weighted by Crippen LogP contribution is -2.20. The van der Waals surface area contributed by atoms with E-state index >= 15 is 0 Å². The molecule has 2 rings (SSSR count). The Bertz CT molecular complexity index is 638. The molecule has 1 unspecified atom stereocenters. The Balaban J connectivity index is 2.53. The molecule has 7 heteroatoms. The summed E-state index contributed by atoms with van der Waals surface area (Å²) < 4.78 is 10.3. The number of methoxy groups -OCH3 is 2. The zero-order chi connectivity index (χ0) is 15.4. The van der Waals surface area contributed by atoms with Crippen LogP contribution in [-0.2, 0) is 0 Å². The van der Waals surface area contributed by atoms with Crippen molar-refractivity contribution in [1.29, 1.82) is 0 Å². The van der Waals surface area contributed by atoms with Gasteiger partial charge in [0, 0.05) is 10.0 Å². The van der Waals surface area contributed by atoms with Crippen molar-refractivity contribution in [2.45, 2.75) is 6.04 Å². The Kier molecular flexibility index (Phi) is 5.22.